The highest BCUT2D eigenvalue weighted by atomic mass is 16.5. The number of hydrogen-bond acceptors (Lipinski definition) is 3. The first-order valence-electron chi connectivity index (χ1n) is 8.51. The topological polar surface area (TPSA) is 33.3 Å². The largest absolute Gasteiger partial charge is 0.482 e. The highest BCUT2D eigenvalue weighted by Crippen LogP contribution is 2.34. The lowest BCUT2D eigenvalue weighted by molar-refractivity contribution is 0.210. The average molecular weight is 310 g/mol. The minimum Gasteiger partial charge on any atom is -0.482 e. The summed E-state index contributed by atoms with van der Waals surface area (Å²) in [4.78, 5) is 0. The number of nitrogens with one attached hydrogen (secondary N) is 2. The highest BCUT2D eigenvalue weighted by Gasteiger charge is 2.20. The van der Waals surface area contributed by atoms with E-state index in [1.165, 1.54) is 11.1 Å². The monoisotopic (exact) mass is 310 g/mol. The Morgan fingerprint density at radius 3 is 2.78 bits per heavy atom. The normalized spacial score (nSPS) is 16.6. The van der Waals surface area contributed by atoms with Crippen LogP contribution in [0.15, 0.2) is 48.5 Å². The van der Waals surface area contributed by atoms with Crippen LogP contribution in [0.3, 0.4) is 0 Å². The van der Waals surface area contributed by atoms with Crippen LogP contribution in [-0.4, -0.2) is 19.6 Å². The fourth-order valence-electron chi connectivity index (χ4n) is 2.85. The molecule has 0 saturated heterocycles. The van der Waals surface area contributed by atoms with Crippen molar-refractivity contribution in [2.24, 2.45) is 5.92 Å². The maximum absolute atomic E-state index is 6.15. The van der Waals surface area contributed by atoms with Crippen LogP contribution >= 0.6 is 0 Å². The van der Waals surface area contributed by atoms with E-state index in [9.17, 15) is 0 Å². The van der Waals surface area contributed by atoms with Gasteiger partial charge in [0, 0.05) is 0 Å². The molecular weight excluding hydrogens is 284 g/mol. The van der Waals surface area contributed by atoms with Gasteiger partial charge >= 0.3 is 0 Å². The van der Waals surface area contributed by atoms with E-state index >= 15 is 0 Å². The molecule has 0 saturated carbocycles. The Morgan fingerprint density at radius 2 is 2.00 bits per heavy atom. The SMILES string of the molecule is CC(C)CNCCc1ccc2c(c1)NCC(c1ccccc1)O2. The lowest BCUT2D eigenvalue weighted by Crippen LogP contribution is -2.24. The lowest BCUT2D eigenvalue weighted by Gasteiger charge is -2.28. The molecule has 1 unspecified atom stereocenters. The van der Waals surface area contributed by atoms with Gasteiger partial charge in [-0.05, 0) is 48.7 Å². The molecule has 2 aromatic rings. The van der Waals surface area contributed by atoms with Crippen molar-refractivity contribution in [3.05, 3.63) is 59.7 Å². The first-order valence-corrected chi connectivity index (χ1v) is 8.51. The third-order valence-corrected chi connectivity index (χ3v) is 4.11. The molecular formula is C20H26N2O. The second kappa shape index (κ2) is 7.51. The van der Waals surface area contributed by atoms with Crippen molar-refractivity contribution in [1.29, 1.82) is 0 Å². The predicted octanol–water partition coefficient (Wildman–Crippen LogP) is 4.02. The maximum Gasteiger partial charge on any atom is 0.143 e. The van der Waals surface area contributed by atoms with E-state index < -0.39 is 0 Å². The van der Waals surface area contributed by atoms with Crippen molar-refractivity contribution in [3.8, 4) is 5.75 Å². The predicted molar refractivity (Wildman–Crippen MR) is 96.2 cm³/mol. The second-order valence-electron chi connectivity index (χ2n) is 6.58. The van der Waals surface area contributed by atoms with Crippen molar-refractivity contribution in [1.82, 2.24) is 5.32 Å². The van der Waals surface area contributed by atoms with Crippen LogP contribution in [0, 0.1) is 5.92 Å². The molecule has 0 spiro atoms. The molecule has 1 aliphatic heterocycles. The van der Waals surface area contributed by atoms with Gasteiger partial charge in [-0.3, -0.25) is 0 Å². The molecule has 0 aromatic heterocycles. The second-order valence-corrected chi connectivity index (χ2v) is 6.58. The first kappa shape index (κ1) is 15.9. The van der Waals surface area contributed by atoms with Gasteiger partial charge in [-0.25, -0.2) is 0 Å². The van der Waals surface area contributed by atoms with E-state index in [1.807, 2.05) is 6.07 Å². The summed E-state index contributed by atoms with van der Waals surface area (Å²) < 4.78 is 6.15. The summed E-state index contributed by atoms with van der Waals surface area (Å²) in [5.41, 5.74) is 3.67. The molecule has 3 rings (SSSR count). The first-order chi connectivity index (χ1) is 11.2. The smallest absolute Gasteiger partial charge is 0.143 e. The van der Waals surface area contributed by atoms with Gasteiger partial charge in [0.1, 0.15) is 11.9 Å². The average Bonchev–Trinajstić information content (AvgIpc) is 2.59. The molecule has 1 atom stereocenters. The minimum absolute atomic E-state index is 0.0854. The van der Waals surface area contributed by atoms with Crippen molar-refractivity contribution < 1.29 is 4.74 Å². The highest BCUT2D eigenvalue weighted by molar-refractivity contribution is 5.60. The Kier molecular flexibility index (Phi) is 5.19. The summed E-state index contributed by atoms with van der Waals surface area (Å²) in [6.07, 6.45) is 1.13. The summed E-state index contributed by atoms with van der Waals surface area (Å²) >= 11 is 0. The molecule has 0 fully saturated rings. The minimum atomic E-state index is 0.0854. The van der Waals surface area contributed by atoms with Crippen LogP contribution in [0.1, 0.15) is 31.1 Å². The molecule has 23 heavy (non-hydrogen) atoms. The van der Waals surface area contributed by atoms with Gasteiger partial charge in [-0.2, -0.15) is 0 Å². The molecule has 2 N–H and O–H groups in total. The molecule has 3 heteroatoms. The van der Waals surface area contributed by atoms with Gasteiger partial charge in [0.15, 0.2) is 0 Å². The Labute approximate surface area is 139 Å². The number of benzene rings is 2. The molecule has 1 heterocycles. The summed E-state index contributed by atoms with van der Waals surface area (Å²) in [5, 5.41) is 7.01. The van der Waals surface area contributed by atoms with E-state index in [2.05, 4.69) is 66.9 Å². The third-order valence-electron chi connectivity index (χ3n) is 4.11. The quantitative estimate of drug-likeness (QED) is 0.791. The molecule has 122 valence electrons. The standard InChI is InChI=1S/C20H26N2O/c1-15(2)13-21-11-10-16-8-9-19-18(12-16)22-14-20(23-19)17-6-4-3-5-7-17/h3-9,12,15,20-22H,10-11,13-14H2,1-2H3. The molecule has 0 amide bonds. The fraction of sp³-hybridized carbons (Fsp3) is 0.400. The van der Waals surface area contributed by atoms with Crippen molar-refractivity contribution in [2.45, 2.75) is 26.4 Å². The van der Waals surface area contributed by atoms with Crippen molar-refractivity contribution >= 4 is 5.69 Å². The fourth-order valence-corrected chi connectivity index (χ4v) is 2.85. The van der Waals surface area contributed by atoms with Gasteiger partial charge in [-0.15, -0.1) is 0 Å². The molecule has 0 bridgehead atoms. The van der Waals surface area contributed by atoms with E-state index in [1.54, 1.807) is 0 Å². The van der Waals surface area contributed by atoms with Crippen molar-refractivity contribution in [2.75, 3.05) is 25.0 Å². The Hall–Kier alpha value is -2.00. The summed E-state index contributed by atoms with van der Waals surface area (Å²) in [6, 6.07) is 16.9. The van der Waals surface area contributed by atoms with E-state index in [0.29, 0.717) is 5.92 Å². The zero-order valence-electron chi connectivity index (χ0n) is 14.0. The number of fused-ring (bicyclic) bond motifs is 1. The number of hydrogen-bond donors (Lipinski definition) is 2. The van der Waals surface area contributed by atoms with Crippen LogP contribution in [-0.2, 0) is 6.42 Å². The summed E-state index contributed by atoms with van der Waals surface area (Å²) in [6.45, 7) is 7.37. The molecule has 0 aliphatic carbocycles. The Balaban J connectivity index is 1.60. The van der Waals surface area contributed by atoms with Gasteiger partial charge in [0.2, 0.25) is 0 Å². The number of anilines is 1. The summed E-state index contributed by atoms with van der Waals surface area (Å²) in [7, 11) is 0. The number of rotatable bonds is 6. The van der Waals surface area contributed by atoms with Crippen LogP contribution < -0.4 is 15.4 Å². The summed E-state index contributed by atoms with van der Waals surface area (Å²) in [5.74, 6) is 1.65. The maximum atomic E-state index is 6.15. The van der Waals surface area contributed by atoms with Crippen LogP contribution in [0.5, 0.6) is 5.75 Å². The van der Waals surface area contributed by atoms with Gasteiger partial charge < -0.3 is 15.4 Å². The van der Waals surface area contributed by atoms with Gasteiger partial charge in [0.25, 0.3) is 0 Å². The van der Waals surface area contributed by atoms with Crippen LogP contribution in [0.2, 0.25) is 0 Å². The number of ether oxygens (including phenoxy) is 1. The zero-order chi connectivity index (χ0) is 16.1. The van der Waals surface area contributed by atoms with Gasteiger partial charge in [0.05, 0.1) is 12.2 Å². The Bertz CT molecular complexity index is 625. The van der Waals surface area contributed by atoms with Crippen LogP contribution in [0.4, 0.5) is 5.69 Å². The molecule has 2 aromatic carbocycles. The van der Waals surface area contributed by atoms with E-state index in [4.69, 9.17) is 4.74 Å². The van der Waals surface area contributed by atoms with Crippen LogP contribution in [0.25, 0.3) is 0 Å². The Morgan fingerprint density at radius 1 is 1.17 bits per heavy atom. The zero-order valence-corrected chi connectivity index (χ0v) is 14.0. The van der Waals surface area contributed by atoms with Crippen molar-refractivity contribution in [3.63, 3.8) is 0 Å². The van der Waals surface area contributed by atoms with E-state index in [0.717, 1.165) is 37.5 Å². The molecule has 1 aliphatic rings. The lowest BCUT2D eigenvalue weighted by atomic mass is 10.1. The van der Waals surface area contributed by atoms with E-state index in [-0.39, 0.29) is 6.10 Å². The van der Waals surface area contributed by atoms with Gasteiger partial charge in [-0.1, -0.05) is 50.2 Å². The molecule has 3 nitrogen and oxygen atoms in total. The molecule has 0 radical (unpaired) electrons. The third kappa shape index (κ3) is 4.26.